The lowest BCUT2D eigenvalue weighted by molar-refractivity contribution is 0.350. The lowest BCUT2D eigenvalue weighted by atomic mass is 9.87. The van der Waals surface area contributed by atoms with Crippen LogP contribution in [0.3, 0.4) is 0 Å². The Morgan fingerprint density at radius 2 is 2.12 bits per heavy atom. The van der Waals surface area contributed by atoms with E-state index in [0.717, 1.165) is 11.5 Å². The van der Waals surface area contributed by atoms with Crippen LogP contribution in [0.25, 0.3) is 0 Å². The van der Waals surface area contributed by atoms with Gasteiger partial charge in [-0.05, 0) is 30.4 Å². The molecule has 1 atom stereocenters. The van der Waals surface area contributed by atoms with Crippen molar-refractivity contribution in [2.75, 3.05) is 24.3 Å². The summed E-state index contributed by atoms with van der Waals surface area (Å²) < 4.78 is 0. The molecule has 1 heterocycles. The highest BCUT2D eigenvalue weighted by atomic mass is 15.1. The summed E-state index contributed by atoms with van der Waals surface area (Å²) in [7, 11) is 4.02. The third kappa shape index (κ3) is 2.71. The van der Waals surface area contributed by atoms with Gasteiger partial charge in [-0.15, -0.1) is 0 Å². The average molecular weight is 233 g/mol. The number of nitrogens with zero attached hydrogens (tertiary/aromatic N) is 2. The van der Waals surface area contributed by atoms with Gasteiger partial charge in [0, 0.05) is 20.1 Å². The second-order valence-electron chi connectivity index (χ2n) is 5.88. The summed E-state index contributed by atoms with van der Waals surface area (Å²) in [6.07, 6.45) is 5.84. The van der Waals surface area contributed by atoms with E-state index in [9.17, 15) is 0 Å². The number of hydrogen-bond acceptors (Lipinski definition) is 3. The highest BCUT2D eigenvalue weighted by Gasteiger charge is 2.34. The first-order valence-electron chi connectivity index (χ1n) is 6.39. The molecule has 0 spiro atoms. The van der Waals surface area contributed by atoms with Crippen LogP contribution >= 0.6 is 0 Å². The van der Waals surface area contributed by atoms with Crippen LogP contribution in [0.5, 0.6) is 0 Å². The second kappa shape index (κ2) is 4.55. The number of aromatic nitrogens is 1. The molecule has 0 bridgehead atoms. The van der Waals surface area contributed by atoms with E-state index in [2.05, 4.69) is 36.3 Å². The molecule has 1 aromatic heterocycles. The van der Waals surface area contributed by atoms with Crippen molar-refractivity contribution in [1.29, 1.82) is 0 Å². The standard InChI is InChI=1S/C14H23N3/c1-14(2)9-5-6-12(14)16-11-7-8-13(15-10-11)17(3)4/h7-8,10,12,16H,5-6,9H2,1-4H3. The molecule has 0 radical (unpaired) electrons. The van der Waals surface area contributed by atoms with Crippen LogP contribution in [-0.4, -0.2) is 25.1 Å². The summed E-state index contributed by atoms with van der Waals surface area (Å²) in [6, 6.07) is 4.76. The Balaban J connectivity index is 2.04. The third-order valence-electron chi connectivity index (χ3n) is 3.80. The Labute approximate surface area is 104 Å². The van der Waals surface area contributed by atoms with Crippen LogP contribution in [0.15, 0.2) is 18.3 Å². The molecule has 3 nitrogen and oxygen atoms in total. The second-order valence-corrected chi connectivity index (χ2v) is 5.88. The summed E-state index contributed by atoms with van der Waals surface area (Å²) in [6.45, 7) is 4.69. The first-order valence-corrected chi connectivity index (χ1v) is 6.39. The molecule has 0 amide bonds. The molecule has 1 saturated carbocycles. The summed E-state index contributed by atoms with van der Waals surface area (Å²) in [5.74, 6) is 1.00. The van der Waals surface area contributed by atoms with Gasteiger partial charge in [-0.2, -0.15) is 0 Å². The average Bonchev–Trinajstić information content (AvgIpc) is 2.59. The zero-order valence-corrected chi connectivity index (χ0v) is 11.3. The van der Waals surface area contributed by atoms with E-state index in [-0.39, 0.29) is 0 Å². The highest BCUT2D eigenvalue weighted by Crippen LogP contribution is 2.38. The summed E-state index contributed by atoms with van der Waals surface area (Å²) in [4.78, 5) is 6.45. The Morgan fingerprint density at radius 3 is 2.59 bits per heavy atom. The Bertz CT molecular complexity index is 368. The monoisotopic (exact) mass is 233 g/mol. The van der Waals surface area contributed by atoms with Gasteiger partial charge in [-0.3, -0.25) is 0 Å². The van der Waals surface area contributed by atoms with Crippen molar-refractivity contribution < 1.29 is 0 Å². The maximum absolute atomic E-state index is 4.43. The van der Waals surface area contributed by atoms with E-state index < -0.39 is 0 Å². The van der Waals surface area contributed by atoms with Gasteiger partial charge in [0.1, 0.15) is 5.82 Å². The van der Waals surface area contributed by atoms with Crippen molar-refractivity contribution in [1.82, 2.24) is 4.98 Å². The minimum Gasteiger partial charge on any atom is -0.381 e. The SMILES string of the molecule is CN(C)c1ccc(NC2CCCC2(C)C)cn1. The molecular weight excluding hydrogens is 210 g/mol. The molecule has 0 aromatic carbocycles. The van der Waals surface area contributed by atoms with E-state index in [1.165, 1.54) is 19.3 Å². The highest BCUT2D eigenvalue weighted by molar-refractivity contribution is 5.48. The Morgan fingerprint density at radius 1 is 1.35 bits per heavy atom. The number of anilines is 2. The smallest absolute Gasteiger partial charge is 0.128 e. The lowest BCUT2D eigenvalue weighted by Crippen LogP contribution is -2.30. The quantitative estimate of drug-likeness (QED) is 0.869. The zero-order valence-electron chi connectivity index (χ0n) is 11.3. The Kier molecular flexibility index (Phi) is 3.27. The van der Waals surface area contributed by atoms with Crippen LogP contribution in [0, 0.1) is 5.41 Å². The van der Waals surface area contributed by atoms with Gasteiger partial charge in [0.25, 0.3) is 0 Å². The van der Waals surface area contributed by atoms with E-state index in [1.807, 2.05) is 25.2 Å². The van der Waals surface area contributed by atoms with Crippen LogP contribution in [-0.2, 0) is 0 Å². The van der Waals surface area contributed by atoms with Crippen molar-refractivity contribution in [3.8, 4) is 0 Å². The predicted octanol–water partition coefficient (Wildman–Crippen LogP) is 3.14. The maximum atomic E-state index is 4.43. The normalized spacial score (nSPS) is 22.5. The fourth-order valence-electron chi connectivity index (χ4n) is 2.53. The minimum absolute atomic E-state index is 0.403. The van der Waals surface area contributed by atoms with E-state index >= 15 is 0 Å². The van der Waals surface area contributed by atoms with Gasteiger partial charge < -0.3 is 10.2 Å². The number of rotatable bonds is 3. The van der Waals surface area contributed by atoms with Crippen LogP contribution in [0.1, 0.15) is 33.1 Å². The summed E-state index contributed by atoms with van der Waals surface area (Å²) >= 11 is 0. The Hall–Kier alpha value is -1.25. The van der Waals surface area contributed by atoms with Crippen LogP contribution in [0.2, 0.25) is 0 Å². The van der Waals surface area contributed by atoms with Crippen LogP contribution < -0.4 is 10.2 Å². The molecule has 1 aromatic rings. The van der Waals surface area contributed by atoms with Gasteiger partial charge >= 0.3 is 0 Å². The fourth-order valence-corrected chi connectivity index (χ4v) is 2.53. The predicted molar refractivity (Wildman–Crippen MR) is 73.6 cm³/mol. The van der Waals surface area contributed by atoms with Crippen molar-refractivity contribution in [3.05, 3.63) is 18.3 Å². The van der Waals surface area contributed by atoms with Crippen molar-refractivity contribution >= 4 is 11.5 Å². The molecule has 1 fully saturated rings. The van der Waals surface area contributed by atoms with Gasteiger partial charge in [0.2, 0.25) is 0 Å². The molecule has 2 rings (SSSR count). The molecule has 0 aliphatic heterocycles. The molecule has 0 saturated heterocycles. The molecular formula is C14H23N3. The molecule has 94 valence electrons. The van der Waals surface area contributed by atoms with Gasteiger partial charge in [-0.1, -0.05) is 20.3 Å². The molecule has 17 heavy (non-hydrogen) atoms. The fraction of sp³-hybridized carbons (Fsp3) is 0.643. The summed E-state index contributed by atoms with van der Waals surface area (Å²) in [5, 5.41) is 3.62. The number of hydrogen-bond donors (Lipinski definition) is 1. The molecule has 1 N–H and O–H groups in total. The number of pyridine rings is 1. The van der Waals surface area contributed by atoms with Crippen molar-refractivity contribution in [2.24, 2.45) is 5.41 Å². The third-order valence-corrected chi connectivity index (χ3v) is 3.80. The first kappa shape index (κ1) is 12.2. The topological polar surface area (TPSA) is 28.2 Å². The maximum Gasteiger partial charge on any atom is 0.128 e. The van der Waals surface area contributed by atoms with Crippen LogP contribution in [0.4, 0.5) is 11.5 Å². The largest absolute Gasteiger partial charge is 0.381 e. The minimum atomic E-state index is 0.403. The summed E-state index contributed by atoms with van der Waals surface area (Å²) in [5.41, 5.74) is 1.54. The van der Waals surface area contributed by atoms with Gasteiger partial charge in [-0.25, -0.2) is 4.98 Å². The molecule has 1 aliphatic rings. The molecule has 1 unspecified atom stereocenters. The van der Waals surface area contributed by atoms with Gasteiger partial charge in [0.15, 0.2) is 0 Å². The molecule has 3 heteroatoms. The first-order chi connectivity index (χ1) is 7.99. The zero-order chi connectivity index (χ0) is 12.5. The number of nitrogens with one attached hydrogen (secondary N) is 1. The van der Waals surface area contributed by atoms with Gasteiger partial charge in [0.05, 0.1) is 11.9 Å². The van der Waals surface area contributed by atoms with E-state index in [1.54, 1.807) is 0 Å². The van der Waals surface area contributed by atoms with Crippen molar-refractivity contribution in [3.63, 3.8) is 0 Å². The van der Waals surface area contributed by atoms with Crippen molar-refractivity contribution in [2.45, 2.75) is 39.2 Å². The molecule has 1 aliphatic carbocycles. The van der Waals surface area contributed by atoms with E-state index in [4.69, 9.17) is 0 Å². The lowest BCUT2D eigenvalue weighted by Gasteiger charge is -2.28. The van der Waals surface area contributed by atoms with E-state index in [0.29, 0.717) is 11.5 Å².